The zero-order valence-corrected chi connectivity index (χ0v) is 63.4. The fourth-order valence-corrected chi connectivity index (χ4v) is 12.5. The molecule has 0 bridgehead atoms. The molecular formula is C85H71BF20N2NiO2. The van der Waals surface area contributed by atoms with Crippen LogP contribution in [0.4, 0.5) is 99.2 Å². The Hall–Kier alpha value is -10.1. The molecule has 0 atom stereocenters. The number of ketones is 1. The maximum Gasteiger partial charge on any atom is 2.00 e. The van der Waals surface area contributed by atoms with Gasteiger partial charge in [-0.3, -0.25) is 14.8 Å². The van der Waals surface area contributed by atoms with E-state index in [9.17, 15) is 62.6 Å². The van der Waals surface area contributed by atoms with Crippen molar-refractivity contribution in [2.75, 3.05) is 0 Å². The first-order valence-electron chi connectivity index (χ1n) is 33.8. The third-order valence-electron chi connectivity index (χ3n) is 18.5. The first kappa shape index (κ1) is 88.1. The number of rotatable bonds is 12. The van der Waals surface area contributed by atoms with Gasteiger partial charge < -0.3 is 5.11 Å². The molecule has 0 aliphatic carbocycles. The molecule has 10 rings (SSSR count). The van der Waals surface area contributed by atoms with Crippen molar-refractivity contribution in [1.82, 2.24) is 0 Å². The minimum atomic E-state index is -7.22. The molecule has 0 saturated heterocycles. The van der Waals surface area contributed by atoms with Gasteiger partial charge >= 0.3 is 16.5 Å². The van der Waals surface area contributed by atoms with Crippen LogP contribution in [0.5, 0.6) is 0 Å². The summed E-state index contributed by atoms with van der Waals surface area (Å²) in [5.41, 5.74) is 3.82. The van der Waals surface area contributed by atoms with Gasteiger partial charge in [-0.15, -0.1) is 27.6 Å². The molecule has 0 aromatic heterocycles. The van der Waals surface area contributed by atoms with Gasteiger partial charge in [0.25, 0.3) is 0 Å². The SMILES string of the molecule is CC(=Nc1c(-c2ccc(C(C)(C)C)cc2)cccc1-c1ccc(C(C)(C)C)cc1)C(C)=Nc1c(-c2ccc(C(C)(C)C)cc2)cccc1-c1ccc(C(C)(C)C)cc1.CC(=O)/C=C(/C)[O-].Fc1c(F)c(F)c([B-](c2c(F)c(F)c(F)c(F)c2F)(c2c(F)c(F)c(F)c(F)c2F)c2c(F)c(F)c(F)c(F)c2F)c(F)c1F.[Ni+2]. The summed E-state index contributed by atoms with van der Waals surface area (Å²) in [6.07, 6.45) is -6.16. The molecule has 0 spiro atoms. The molecule has 10 aromatic rings. The quantitative estimate of drug-likeness (QED) is 0.0233. The van der Waals surface area contributed by atoms with E-state index in [0.717, 1.165) is 73.4 Å². The van der Waals surface area contributed by atoms with Gasteiger partial charge in [-0.25, -0.2) is 87.8 Å². The summed E-state index contributed by atoms with van der Waals surface area (Å²) in [7, 11) is 0. The second-order valence-corrected chi connectivity index (χ2v) is 30.3. The van der Waals surface area contributed by atoms with Gasteiger partial charge in [-0.05, 0) is 93.0 Å². The molecule has 0 fully saturated rings. The van der Waals surface area contributed by atoms with Crippen LogP contribution in [-0.2, 0) is 42.9 Å². The molecule has 4 nitrogen and oxygen atoms in total. The van der Waals surface area contributed by atoms with Gasteiger partial charge in [0.15, 0.2) is 75.6 Å². The van der Waals surface area contributed by atoms with E-state index < -0.39 is 144 Å². The molecule has 26 heteroatoms. The van der Waals surface area contributed by atoms with Crippen molar-refractivity contribution in [2.45, 2.75) is 132 Å². The van der Waals surface area contributed by atoms with Crippen molar-refractivity contribution in [3.05, 3.63) is 284 Å². The first-order chi connectivity index (χ1) is 50.9. The molecular weight excluding hydrogens is 1530 g/mol. The number of aliphatic imine (C=N–C) groups is 2. The van der Waals surface area contributed by atoms with Crippen LogP contribution in [-0.4, -0.2) is 23.4 Å². The fourth-order valence-electron chi connectivity index (χ4n) is 12.5. The van der Waals surface area contributed by atoms with Gasteiger partial charge in [0.2, 0.25) is 0 Å². The molecule has 0 amide bonds. The third kappa shape index (κ3) is 17.5. The van der Waals surface area contributed by atoms with Crippen molar-refractivity contribution < 1.29 is 114 Å². The number of hydrogen-bond acceptors (Lipinski definition) is 4. The fraction of sp³-hybridized carbons (Fsp3) is 0.235. The Morgan fingerprint density at radius 2 is 0.450 bits per heavy atom. The van der Waals surface area contributed by atoms with Crippen molar-refractivity contribution in [1.29, 1.82) is 0 Å². The van der Waals surface area contributed by atoms with E-state index in [4.69, 9.17) is 9.98 Å². The first-order valence-corrected chi connectivity index (χ1v) is 33.8. The predicted octanol–water partition coefficient (Wildman–Crippen LogP) is 22.1. The van der Waals surface area contributed by atoms with E-state index in [0.29, 0.717) is 0 Å². The number of allylic oxidation sites excluding steroid dienone is 2. The van der Waals surface area contributed by atoms with Gasteiger partial charge in [-0.2, -0.15) is 0 Å². The van der Waals surface area contributed by atoms with Crippen LogP contribution in [0.15, 0.2) is 155 Å². The van der Waals surface area contributed by atoms with Crippen LogP contribution < -0.4 is 27.0 Å². The Morgan fingerprint density at radius 1 is 0.288 bits per heavy atom. The van der Waals surface area contributed by atoms with Crippen LogP contribution in [0.25, 0.3) is 44.5 Å². The summed E-state index contributed by atoms with van der Waals surface area (Å²) in [6.45, 7) is 34.0. The Kier molecular flexibility index (Phi) is 26.6. The molecule has 0 unspecified atom stereocenters. The average Bonchev–Trinajstić information content (AvgIpc) is 0.680. The van der Waals surface area contributed by atoms with E-state index >= 15 is 35.1 Å². The Morgan fingerprint density at radius 3 is 0.586 bits per heavy atom. The number of carbonyl (C=O) groups excluding carboxylic acids is 1. The molecule has 0 saturated carbocycles. The normalized spacial score (nSPS) is 12.5. The van der Waals surface area contributed by atoms with Crippen LogP contribution in [0, 0.1) is 116 Å². The van der Waals surface area contributed by atoms with Crippen molar-refractivity contribution in [3.8, 4) is 44.5 Å². The van der Waals surface area contributed by atoms with E-state index in [2.05, 4.69) is 230 Å². The third-order valence-corrected chi connectivity index (χ3v) is 18.5. The second-order valence-electron chi connectivity index (χ2n) is 30.3. The van der Waals surface area contributed by atoms with E-state index in [1.807, 2.05) is 0 Å². The molecule has 0 radical (unpaired) electrons. The molecule has 0 aliphatic heterocycles. The molecule has 586 valence electrons. The standard InChI is InChI=1S/C56H64N2.C24BF20.C5H8O2.Ni/c1-37(57-51-47(39-21-29-43(30-22-39)53(3,4)5)17-15-18-48(51)40-23-31-44(32-24-40)54(6,7)8)38(2)58-52-49(41-25-33-45(34-26-41)55(9,10)11)19-16-20-50(52)42-27-35-46(36-28-42)56(12,13)14;26-5-1(6(27)14(35)21(42)13(5)34)25(2-7(28)15(36)22(43)16(37)8(2)29,3-9(30)17(38)23(44)18(39)10(3)31)4-11(32)19(40)24(45)20(41)12(4)33;1-4(6)3-5(2)7;/h15-36H,1-14H3;;3,6H,1-2H3;/q;-1;;+2/p-1/b;;4-3-;. The molecule has 111 heavy (non-hydrogen) atoms. The monoisotopic (exact) mass is 1600 g/mol. The minimum absolute atomic E-state index is 0. The van der Waals surface area contributed by atoms with E-state index in [1.54, 1.807) is 0 Å². The summed E-state index contributed by atoms with van der Waals surface area (Å²) in [5, 5.41) is 9.98. The molecule has 10 aromatic carbocycles. The summed E-state index contributed by atoms with van der Waals surface area (Å²) in [5.74, 6) is -71.8. The van der Waals surface area contributed by atoms with Gasteiger partial charge in [0, 0.05) is 22.3 Å². The van der Waals surface area contributed by atoms with Crippen molar-refractivity contribution in [2.24, 2.45) is 9.98 Å². The van der Waals surface area contributed by atoms with Gasteiger partial charge in [-0.1, -0.05) is 223 Å². The number of para-hydroxylation sites is 2. The zero-order valence-electron chi connectivity index (χ0n) is 62.4. The number of nitrogens with zero attached hydrogens (tertiary/aromatic N) is 2. The van der Waals surface area contributed by atoms with Crippen molar-refractivity contribution in [3.63, 3.8) is 0 Å². The van der Waals surface area contributed by atoms with E-state index in [1.165, 1.54) is 36.1 Å². The topological polar surface area (TPSA) is 64.8 Å². The van der Waals surface area contributed by atoms with Gasteiger partial charge in [0.05, 0.1) is 22.8 Å². The smallest absolute Gasteiger partial charge is 0.876 e. The molecule has 0 heterocycles. The molecule has 0 N–H and O–H groups in total. The Balaban J connectivity index is 0.000000289. The second kappa shape index (κ2) is 33.5. The number of hydrogen-bond donors (Lipinski definition) is 0. The van der Waals surface area contributed by atoms with Crippen LogP contribution in [0.2, 0.25) is 0 Å². The van der Waals surface area contributed by atoms with Crippen molar-refractivity contribution >= 4 is 56.6 Å². The maximum atomic E-state index is 15.4. The van der Waals surface area contributed by atoms with Crippen LogP contribution in [0.3, 0.4) is 0 Å². The minimum Gasteiger partial charge on any atom is -0.876 e. The number of carbonyl (C=O) groups is 1. The average molecular weight is 1600 g/mol. The summed E-state index contributed by atoms with van der Waals surface area (Å²) in [6, 6.07) is 49.2. The Bertz CT molecular complexity index is 4610. The summed E-state index contributed by atoms with van der Waals surface area (Å²) in [4.78, 5) is 21.0. The number of benzene rings is 10. The van der Waals surface area contributed by atoms with Gasteiger partial charge in [0.1, 0.15) is 52.7 Å². The Labute approximate surface area is 638 Å². The predicted molar refractivity (Wildman–Crippen MR) is 389 cm³/mol. The number of halogens is 20. The summed E-state index contributed by atoms with van der Waals surface area (Å²) >= 11 is 0. The molecule has 0 aliphatic rings. The van der Waals surface area contributed by atoms with Crippen LogP contribution >= 0.6 is 0 Å². The maximum absolute atomic E-state index is 15.4. The van der Waals surface area contributed by atoms with Crippen LogP contribution in [0.1, 0.15) is 133 Å². The summed E-state index contributed by atoms with van der Waals surface area (Å²) < 4.78 is 294. The zero-order chi connectivity index (χ0) is 82.4. The van der Waals surface area contributed by atoms with E-state index in [-0.39, 0.29) is 49.7 Å². The largest absolute Gasteiger partial charge is 2.00 e.